The highest BCUT2D eigenvalue weighted by Crippen LogP contribution is 2.33. The fourth-order valence-electron chi connectivity index (χ4n) is 3.72. The summed E-state index contributed by atoms with van der Waals surface area (Å²) in [5, 5.41) is 12.4. The average Bonchev–Trinajstić information content (AvgIpc) is 3.17. The number of imide groups is 1. The van der Waals surface area contributed by atoms with Gasteiger partial charge in [-0.3, -0.25) is 19.4 Å². The van der Waals surface area contributed by atoms with Crippen molar-refractivity contribution >= 4 is 40.7 Å². The average molecular weight is 426 g/mol. The van der Waals surface area contributed by atoms with E-state index in [1.165, 1.54) is 5.01 Å². The third-order valence-electron chi connectivity index (χ3n) is 5.08. The first-order valence-electron chi connectivity index (χ1n) is 9.44. The minimum atomic E-state index is -0.966. The first kappa shape index (κ1) is 20.0. The van der Waals surface area contributed by atoms with Crippen molar-refractivity contribution in [3.05, 3.63) is 58.1 Å². The molecule has 2 aromatic rings. The van der Waals surface area contributed by atoms with E-state index in [1.54, 1.807) is 18.2 Å². The van der Waals surface area contributed by atoms with Crippen LogP contribution in [0.4, 0.5) is 11.4 Å². The van der Waals surface area contributed by atoms with Gasteiger partial charge in [-0.2, -0.15) is 5.11 Å². The molecule has 2 heterocycles. The number of nitrogens with one attached hydrogen (secondary N) is 1. The smallest absolute Gasteiger partial charge is 0.263 e. The number of nitrogens with zero attached hydrogens (tertiary/aromatic N) is 4. The van der Waals surface area contributed by atoms with E-state index in [9.17, 15) is 14.4 Å². The van der Waals surface area contributed by atoms with E-state index in [1.807, 2.05) is 39.0 Å². The Balaban J connectivity index is 1.50. The first-order chi connectivity index (χ1) is 14.2. The SMILES string of the molecule is Cc1cc(C)cc(NC(=O)CN2N=N[C@@H]3C(=O)N(c4ccc(C)c(Cl)c4)C(=O)[C@@H]32)c1. The minimum Gasteiger partial charge on any atom is -0.324 e. The lowest BCUT2D eigenvalue weighted by Crippen LogP contribution is -2.43. The van der Waals surface area contributed by atoms with E-state index in [4.69, 9.17) is 11.6 Å². The number of hydrogen-bond donors (Lipinski definition) is 1. The van der Waals surface area contributed by atoms with E-state index >= 15 is 0 Å². The van der Waals surface area contributed by atoms with Gasteiger partial charge in [-0.1, -0.05) is 29.0 Å². The summed E-state index contributed by atoms with van der Waals surface area (Å²) in [5.41, 5.74) is 3.93. The van der Waals surface area contributed by atoms with Gasteiger partial charge in [0.15, 0.2) is 12.1 Å². The van der Waals surface area contributed by atoms with E-state index in [-0.39, 0.29) is 12.5 Å². The molecule has 1 saturated heterocycles. The van der Waals surface area contributed by atoms with E-state index in [0.29, 0.717) is 16.4 Å². The zero-order chi connectivity index (χ0) is 21.6. The Morgan fingerprint density at radius 3 is 2.43 bits per heavy atom. The molecule has 0 unspecified atom stereocenters. The summed E-state index contributed by atoms with van der Waals surface area (Å²) in [6.07, 6.45) is 0. The van der Waals surface area contributed by atoms with Crippen LogP contribution in [0.1, 0.15) is 16.7 Å². The van der Waals surface area contributed by atoms with Crippen LogP contribution in [-0.2, 0) is 14.4 Å². The van der Waals surface area contributed by atoms with Crippen molar-refractivity contribution in [2.75, 3.05) is 16.8 Å². The Morgan fingerprint density at radius 1 is 1.07 bits per heavy atom. The molecule has 0 spiro atoms. The molecular formula is C21H20ClN5O3. The molecule has 8 nitrogen and oxygen atoms in total. The molecule has 0 aliphatic carbocycles. The Hall–Kier alpha value is -3.26. The van der Waals surface area contributed by atoms with Crippen LogP contribution in [0, 0.1) is 20.8 Å². The van der Waals surface area contributed by atoms with Gasteiger partial charge < -0.3 is 5.32 Å². The van der Waals surface area contributed by atoms with Gasteiger partial charge in [0, 0.05) is 10.7 Å². The number of fused-ring (bicyclic) bond motifs is 1. The van der Waals surface area contributed by atoms with Gasteiger partial charge >= 0.3 is 0 Å². The highest BCUT2D eigenvalue weighted by atomic mass is 35.5. The van der Waals surface area contributed by atoms with Crippen molar-refractivity contribution in [1.82, 2.24) is 5.01 Å². The van der Waals surface area contributed by atoms with Gasteiger partial charge in [0.2, 0.25) is 5.91 Å². The number of rotatable bonds is 4. The second kappa shape index (κ2) is 7.53. The number of carbonyl (C=O) groups is 3. The molecule has 0 aromatic heterocycles. The number of hydrogen-bond acceptors (Lipinski definition) is 6. The third kappa shape index (κ3) is 3.54. The van der Waals surface area contributed by atoms with Gasteiger partial charge in [0.1, 0.15) is 6.54 Å². The molecule has 2 aromatic carbocycles. The summed E-state index contributed by atoms with van der Waals surface area (Å²) in [6, 6.07) is 8.77. The summed E-state index contributed by atoms with van der Waals surface area (Å²) in [7, 11) is 0. The van der Waals surface area contributed by atoms with Crippen molar-refractivity contribution in [1.29, 1.82) is 0 Å². The maximum atomic E-state index is 13.0. The summed E-state index contributed by atoms with van der Waals surface area (Å²) >= 11 is 6.15. The van der Waals surface area contributed by atoms with E-state index < -0.39 is 23.9 Å². The summed E-state index contributed by atoms with van der Waals surface area (Å²) in [4.78, 5) is 39.4. The molecular weight excluding hydrogens is 406 g/mol. The van der Waals surface area contributed by atoms with Gasteiger partial charge in [-0.05, 0) is 61.7 Å². The van der Waals surface area contributed by atoms with Crippen LogP contribution in [0.2, 0.25) is 5.02 Å². The molecule has 0 bridgehead atoms. The second-order valence-electron chi connectivity index (χ2n) is 7.56. The molecule has 4 rings (SSSR count). The molecule has 2 atom stereocenters. The van der Waals surface area contributed by atoms with Crippen molar-refractivity contribution < 1.29 is 14.4 Å². The molecule has 1 fully saturated rings. The Kier molecular flexibility index (Phi) is 5.03. The fourth-order valence-corrected chi connectivity index (χ4v) is 3.90. The molecule has 2 aliphatic rings. The molecule has 1 N–H and O–H groups in total. The largest absolute Gasteiger partial charge is 0.324 e. The van der Waals surface area contributed by atoms with Crippen LogP contribution in [-0.4, -0.2) is 41.4 Å². The van der Waals surface area contributed by atoms with Crippen LogP contribution in [0.5, 0.6) is 0 Å². The number of benzene rings is 2. The molecule has 0 radical (unpaired) electrons. The number of carbonyl (C=O) groups excluding carboxylic acids is 3. The highest BCUT2D eigenvalue weighted by Gasteiger charge is 2.55. The Morgan fingerprint density at radius 2 is 1.77 bits per heavy atom. The topological polar surface area (TPSA) is 94.4 Å². The summed E-state index contributed by atoms with van der Waals surface area (Å²) in [6.45, 7) is 5.52. The van der Waals surface area contributed by atoms with Gasteiger partial charge in [0.25, 0.3) is 11.8 Å². The molecule has 9 heteroatoms. The maximum Gasteiger partial charge on any atom is 0.263 e. The van der Waals surface area contributed by atoms with Crippen molar-refractivity contribution in [2.24, 2.45) is 10.3 Å². The van der Waals surface area contributed by atoms with Crippen LogP contribution in [0.15, 0.2) is 46.7 Å². The lowest BCUT2D eigenvalue weighted by molar-refractivity contribution is -0.123. The molecule has 2 aliphatic heterocycles. The lowest BCUT2D eigenvalue weighted by atomic mass is 10.1. The van der Waals surface area contributed by atoms with Crippen LogP contribution in [0.3, 0.4) is 0 Å². The molecule has 3 amide bonds. The predicted molar refractivity (Wildman–Crippen MR) is 112 cm³/mol. The second-order valence-corrected chi connectivity index (χ2v) is 7.97. The number of amides is 3. The van der Waals surface area contributed by atoms with Gasteiger partial charge in [-0.15, -0.1) is 0 Å². The van der Waals surface area contributed by atoms with Gasteiger partial charge in [0.05, 0.1) is 5.69 Å². The number of aryl methyl sites for hydroxylation is 3. The summed E-state index contributed by atoms with van der Waals surface area (Å²) in [5.74, 6) is -1.31. The van der Waals surface area contributed by atoms with Gasteiger partial charge in [-0.25, -0.2) is 4.90 Å². The lowest BCUT2D eigenvalue weighted by Gasteiger charge is -2.20. The van der Waals surface area contributed by atoms with Crippen LogP contribution in [0.25, 0.3) is 0 Å². The van der Waals surface area contributed by atoms with E-state index in [2.05, 4.69) is 15.7 Å². The Bertz CT molecular complexity index is 1080. The zero-order valence-corrected chi connectivity index (χ0v) is 17.5. The van der Waals surface area contributed by atoms with Crippen molar-refractivity contribution in [2.45, 2.75) is 32.9 Å². The Labute approximate surface area is 178 Å². The quantitative estimate of drug-likeness (QED) is 0.761. The monoisotopic (exact) mass is 425 g/mol. The molecule has 0 saturated carbocycles. The van der Waals surface area contributed by atoms with Crippen molar-refractivity contribution in [3.63, 3.8) is 0 Å². The fraction of sp³-hybridized carbons (Fsp3) is 0.286. The number of halogens is 1. The van der Waals surface area contributed by atoms with Crippen molar-refractivity contribution in [3.8, 4) is 0 Å². The van der Waals surface area contributed by atoms with Crippen LogP contribution < -0.4 is 10.2 Å². The zero-order valence-electron chi connectivity index (χ0n) is 16.7. The minimum absolute atomic E-state index is 0.195. The normalized spacial score (nSPS) is 20.1. The highest BCUT2D eigenvalue weighted by molar-refractivity contribution is 6.32. The predicted octanol–water partition coefficient (Wildman–Crippen LogP) is 3.20. The molecule has 154 valence electrons. The summed E-state index contributed by atoms with van der Waals surface area (Å²) < 4.78 is 0. The standard InChI is InChI=1S/C21H20ClN5O3/c1-11-6-12(2)8-14(7-11)23-17(28)10-26-19-18(24-25-26)20(29)27(21(19)30)15-5-4-13(3)16(22)9-15/h4-9,18-19H,10H2,1-3H3,(H,23,28)/t18-,19+/m0/s1. The third-order valence-corrected chi connectivity index (χ3v) is 5.49. The number of anilines is 2. The molecule has 30 heavy (non-hydrogen) atoms. The van der Waals surface area contributed by atoms with E-state index in [0.717, 1.165) is 21.6 Å². The maximum absolute atomic E-state index is 13.0. The first-order valence-corrected chi connectivity index (χ1v) is 9.82. The van der Waals surface area contributed by atoms with Crippen LogP contribution >= 0.6 is 11.6 Å².